The van der Waals surface area contributed by atoms with Gasteiger partial charge < -0.3 is 16.0 Å². The Balaban J connectivity index is -0.000000171. The molecule has 0 heterocycles. The Labute approximate surface area is 229 Å². The Morgan fingerprint density at radius 3 is 0.727 bits per heavy atom. The maximum Gasteiger partial charge on any atom is 4.00 e. The second-order valence-corrected chi connectivity index (χ2v) is 8.95. The minimum Gasteiger partial charge on any atom is -0.657 e. The Morgan fingerprint density at radius 1 is 0.455 bits per heavy atom. The van der Waals surface area contributed by atoms with Gasteiger partial charge in [-0.1, -0.05) is 122 Å². The molecule has 0 bridgehead atoms. The molecule has 0 aliphatic rings. The van der Waals surface area contributed by atoms with E-state index in [2.05, 4.69) is 99.0 Å². The van der Waals surface area contributed by atoms with Crippen LogP contribution in [-0.4, -0.2) is 36.3 Å². The molecule has 0 aromatic heterocycles. The SMILES string of the molecule is CCC(C)[N-]C(C)CC.CCC(C)[N-]C(C)CC.CCC(C)[N-]C(C)CC.[Zr+4].c1cc[cH-]c1. The quantitative estimate of drug-likeness (QED) is 0.237. The van der Waals surface area contributed by atoms with E-state index in [0.717, 1.165) is 0 Å². The van der Waals surface area contributed by atoms with Crippen LogP contribution in [-0.2, 0) is 26.2 Å². The summed E-state index contributed by atoms with van der Waals surface area (Å²) in [7, 11) is 0. The molecule has 0 aliphatic carbocycles. The van der Waals surface area contributed by atoms with Gasteiger partial charge in [-0.25, -0.2) is 12.1 Å². The molecule has 0 fully saturated rings. The van der Waals surface area contributed by atoms with E-state index in [1.54, 1.807) is 0 Å². The van der Waals surface area contributed by atoms with Crippen molar-refractivity contribution in [1.29, 1.82) is 0 Å². The van der Waals surface area contributed by atoms with Crippen molar-refractivity contribution < 1.29 is 26.2 Å². The monoisotopic (exact) mass is 539 g/mol. The van der Waals surface area contributed by atoms with Crippen molar-refractivity contribution >= 4 is 0 Å². The summed E-state index contributed by atoms with van der Waals surface area (Å²) >= 11 is 0. The summed E-state index contributed by atoms with van der Waals surface area (Å²) in [5, 5.41) is 13.5. The summed E-state index contributed by atoms with van der Waals surface area (Å²) in [5.41, 5.74) is 0. The first-order valence-electron chi connectivity index (χ1n) is 13.4. The van der Waals surface area contributed by atoms with E-state index in [1.807, 2.05) is 30.3 Å². The normalized spacial score (nSPS) is 15.4. The van der Waals surface area contributed by atoms with Crippen LogP contribution in [0.1, 0.15) is 122 Å². The topological polar surface area (TPSA) is 42.3 Å². The van der Waals surface area contributed by atoms with Crippen molar-refractivity contribution in [3.8, 4) is 0 Å². The van der Waals surface area contributed by atoms with Gasteiger partial charge in [0.1, 0.15) is 0 Å². The van der Waals surface area contributed by atoms with Crippen LogP contribution < -0.4 is 0 Å². The van der Waals surface area contributed by atoms with Crippen molar-refractivity contribution in [2.24, 2.45) is 0 Å². The van der Waals surface area contributed by atoms with E-state index in [9.17, 15) is 0 Å². The average Bonchev–Trinajstić information content (AvgIpc) is 3.39. The van der Waals surface area contributed by atoms with Gasteiger partial charge in [-0.3, -0.25) is 0 Å². The van der Waals surface area contributed by atoms with Gasteiger partial charge in [-0.15, -0.1) is 36.3 Å². The van der Waals surface area contributed by atoms with Gasteiger partial charge in [-0.2, -0.15) is 18.2 Å². The molecule has 0 saturated heterocycles. The van der Waals surface area contributed by atoms with Gasteiger partial charge in [-0.05, 0) is 0 Å². The van der Waals surface area contributed by atoms with Crippen molar-refractivity contribution in [3.05, 3.63) is 46.3 Å². The van der Waals surface area contributed by atoms with Gasteiger partial charge in [0.15, 0.2) is 0 Å². The van der Waals surface area contributed by atoms with Crippen molar-refractivity contribution in [2.45, 2.75) is 158 Å². The van der Waals surface area contributed by atoms with E-state index in [1.165, 1.54) is 38.5 Å². The molecule has 3 nitrogen and oxygen atoms in total. The molecule has 6 atom stereocenters. The fraction of sp³-hybridized carbons (Fsp3) is 0.828. The molecule has 0 saturated carbocycles. The number of nitrogens with zero attached hydrogens (tertiary/aromatic N) is 3. The molecule has 6 unspecified atom stereocenters. The van der Waals surface area contributed by atoms with Crippen LogP contribution in [0.15, 0.2) is 30.3 Å². The first-order chi connectivity index (χ1) is 15.1. The first kappa shape index (κ1) is 40.3. The van der Waals surface area contributed by atoms with Crippen molar-refractivity contribution in [3.63, 3.8) is 0 Å². The molecular formula is C29H59N3Zr. The third kappa shape index (κ3) is 34.4. The van der Waals surface area contributed by atoms with Gasteiger partial charge in [0.2, 0.25) is 0 Å². The molecule has 194 valence electrons. The van der Waals surface area contributed by atoms with Gasteiger partial charge >= 0.3 is 26.2 Å². The second kappa shape index (κ2) is 30.1. The second-order valence-electron chi connectivity index (χ2n) is 8.95. The van der Waals surface area contributed by atoms with Crippen LogP contribution >= 0.6 is 0 Å². The smallest absolute Gasteiger partial charge is 0.657 e. The van der Waals surface area contributed by atoms with Gasteiger partial charge in [0.05, 0.1) is 0 Å². The Morgan fingerprint density at radius 2 is 0.636 bits per heavy atom. The molecule has 33 heavy (non-hydrogen) atoms. The molecule has 0 amide bonds. The van der Waals surface area contributed by atoms with E-state index in [0.29, 0.717) is 36.3 Å². The third-order valence-electron chi connectivity index (χ3n) is 5.63. The minimum atomic E-state index is 0. The minimum absolute atomic E-state index is 0. The summed E-state index contributed by atoms with van der Waals surface area (Å²) in [4.78, 5) is 0. The summed E-state index contributed by atoms with van der Waals surface area (Å²) in [6.45, 7) is 26.1. The van der Waals surface area contributed by atoms with E-state index in [4.69, 9.17) is 0 Å². The molecule has 1 aromatic carbocycles. The Bertz CT molecular complexity index is 340. The zero-order chi connectivity index (χ0) is 25.4. The molecule has 0 N–H and O–H groups in total. The van der Waals surface area contributed by atoms with E-state index < -0.39 is 0 Å². The zero-order valence-electron chi connectivity index (χ0n) is 24.4. The van der Waals surface area contributed by atoms with Crippen molar-refractivity contribution in [1.82, 2.24) is 0 Å². The first-order valence-corrected chi connectivity index (χ1v) is 13.4. The van der Waals surface area contributed by atoms with Gasteiger partial charge in [0, 0.05) is 0 Å². The van der Waals surface area contributed by atoms with E-state index in [-0.39, 0.29) is 26.2 Å². The fourth-order valence-electron chi connectivity index (χ4n) is 2.26. The van der Waals surface area contributed by atoms with Gasteiger partial charge in [0.25, 0.3) is 0 Å². The largest absolute Gasteiger partial charge is 4.00 e. The molecule has 1 rings (SSSR count). The summed E-state index contributed by atoms with van der Waals surface area (Å²) in [6.07, 6.45) is 7.03. The van der Waals surface area contributed by atoms with Crippen molar-refractivity contribution in [2.75, 3.05) is 0 Å². The molecule has 0 spiro atoms. The third-order valence-corrected chi connectivity index (χ3v) is 5.63. The molecular weight excluding hydrogens is 482 g/mol. The standard InChI is InChI=1S/3C8H18N.C5H5.Zr/c3*1-5-7(3)9-8(4)6-2;1-2-4-5-3-1;/h3*7-8H,5-6H2,1-4H3;1-5H;/q4*-1;+4. The van der Waals surface area contributed by atoms with Crippen LogP contribution in [0.2, 0.25) is 0 Å². The maximum atomic E-state index is 4.51. The molecule has 4 heteroatoms. The predicted molar refractivity (Wildman–Crippen MR) is 151 cm³/mol. The van der Waals surface area contributed by atoms with Crippen LogP contribution in [0.3, 0.4) is 0 Å². The Hall–Kier alpha value is 0.113. The molecule has 0 aliphatic heterocycles. The average molecular weight is 541 g/mol. The van der Waals surface area contributed by atoms with Crippen LogP contribution in [0, 0.1) is 0 Å². The fourth-order valence-corrected chi connectivity index (χ4v) is 2.26. The van der Waals surface area contributed by atoms with Crippen LogP contribution in [0.25, 0.3) is 16.0 Å². The predicted octanol–water partition coefficient (Wildman–Crippen LogP) is 10.3. The Kier molecular flexibility index (Phi) is 36.8. The summed E-state index contributed by atoms with van der Waals surface area (Å²) in [5.74, 6) is 0. The van der Waals surface area contributed by atoms with E-state index >= 15 is 0 Å². The molecule has 0 radical (unpaired) electrons. The maximum absolute atomic E-state index is 4.51. The zero-order valence-corrected chi connectivity index (χ0v) is 26.9. The molecule has 1 aromatic rings. The number of hydrogen-bond donors (Lipinski definition) is 0. The summed E-state index contributed by atoms with van der Waals surface area (Å²) in [6, 6.07) is 13.3. The number of rotatable bonds is 12. The van der Waals surface area contributed by atoms with Crippen LogP contribution in [0.5, 0.6) is 0 Å². The summed E-state index contributed by atoms with van der Waals surface area (Å²) < 4.78 is 0. The number of hydrogen-bond acceptors (Lipinski definition) is 0. The van der Waals surface area contributed by atoms with Crippen LogP contribution in [0.4, 0.5) is 0 Å².